The highest BCUT2D eigenvalue weighted by Crippen LogP contribution is 2.36. The molecule has 9 heteroatoms. The van der Waals surface area contributed by atoms with E-state index in [1.165, 1.54) is 11.8 Å². The molecule has 0 bridgehead atoms. The number of ether oxygens (including phenoxy) is 3. The summed E-state index contributed by atoms with van der Waals surface area (Å²) in [5.74, 6) is 2.06. The van der Waals surface area contributed by atoms with Crippen LogP contribution in [0.5, 0.6) is 17.2 Å². The summed E-state index contributed by atoms with van der Waals surface area (Å²) in [6, 6.07) is 12.6. The summed E-state index contributed by atoms with van der Waals surface area (Å²) in [5.41, 5.74) is 1.32. The predicted octanol–water partition coefficient (Wildman–Crippen LogP) is 3.59. The molecule has 1 aliphatic heterocycles. The Labute approximate surface area is 165 Å². The molecule has 1 amide bonds. The zero-order chi connectivity index (χ0) is 19.5. The Kier molecular flexibility index (Phi) is 5.07. The van der Waals surface area contributed by atoms with Gasteiger partial charge in [-0.15, -0.1) is 10.2 Å². The molecule has 144 valence electrons. The number of fused-ring (bicyclic) bond motifs is 1. The van der Waals surface area contributed by atoms with Crippen molar-refractivity contribution in [2.45, 2.75) is 17.4 Å². The second-order valence-corrected chi connectivity index (χ2v) is 7.18. The Morgan fingerprint density at radius 2 is 2.00 bits per heavy atom. The third kappa shape index (κ3) is 3.74. The highest BCUT2D eigenvalue weighted by molar-refractivity contribution is 8.00. The summed E-state index contributed by atoms with van der Waals surface area (Å²) in [5, 5.41) is 10.8. The maximum Gasteiger partial charge on any atom is 0.277 e. The molecule has 1 atom stereocenters. The Morgan fingerprint density at radius 1 is 1.18 bits per heavy atom. The van der Waals surface area contributed by atoms with Gasteiger partial charge in [0.05, 0.1) is 18.0 Å². The van der Waals surface area contributed by atoms with Crippen LogP contribution in [-0.2, 0) is 4.79 Å². The number of thioether (sulfide) groups is 1. The van der Waals surface area contributed by atoms with E-state index in [2.05, 4.69) is 15.5 Å². The van der Waals surface area contributed by atoms with Crippen molar-refractivity contribution < 1.29 is 23.4 Å². The summed E-state index contributed by atoms with van der Waals surface area (Å²) in [4.78, 5) is 12.5. The summed E-state index contributed by atoms with van der Waals surface area (Å²) >= 11 is 1.18. The number of hydrogen-bond acceptors (Lipinski definition) is 8. The lowest BCUT2D eigenvalue weighted by atomic mass is 10.2. The number of hydrogen-bond donors (Lipinski definition) is 1. The maximum absolute atomic E-state index is 12.5. The number of para-hydroxylation sites is 2. The molecule has 8 nitrogen and oxygen atoms in total. The van der Waals surface area contributed by atoms with Gasteiger partial charge in [0, 0.05) is 5.56 Å². The van der Waals surface area contributed by atoms with E-state index in [-0.39, 0.29) is 12.7 Å². The van der Waals surface area contributed by atoms with Gasteiger partial charge in [0.15, 0.2) is 11.5 Å². The van der Waals surface area contributed by atoms with E-state index in [4.69, 9.17) is 18.6 Å². The van der Waals surface area contributed by atoms with Gasteiger partial charge in [0.2, 0.25) is 18.6 Å². The smallest absolute Gasteiger partial charge is 0.277 e. The van der Waals surface area contributed by atoms with E-state index >= 15 is 0 Å². The van der Waals surface area contributed by atoms with Crippen LogP contribution < -0.4 is 19.5 Å². The van der Waals surface area contributed by atoms with Crippen LogP contribution in [-0.4, -0.2) is 35.3 Å². The summed E-state index contributed by atoms with van der Waals surface area (Å²) in [6.45, 7) is 1.96. The molecule has 0 aliphatic carbocycles. The number of carbonyl (C=O) groups is 1. The number of carbonyl (C=O) groups excluding carboxylic acids is 1. The first kappa shape index (κ1) is 18.2. The van der Waals surface area contributed by atoms with Gasteiger partial charge in [0.1, 0.15) is 5.75 Å². The van der Waals surface area contributed by atoms with Gasteiger partial charge >= 0.3 is 0 Å². The van der Waals surface area contributed by atoms with Crippen molar-refractivity contribution in [3.63, 3.8) is 0 Å². The minimum Gasteiger partial charge on any atom is -0.495 e. The van der Waals surface area contributed by atoms with Gasteiger partial charge in [-0.05, 0) is 37.3 Å². The average molecular weight is 399 g/mol. The average Bonchev–Trinajstić information content (AvgIpc) is 3.37. The first-order valence-corrected chi connectivity index (χ1v) is 9.36. The Balaban J connectivity index is 1.42. The van der Waals surface area contributed by atoms with Crippen LogP contribution in [0.1, 0.15) is 6.92 Å². The zero-order valence-corrected chi connectivity index (χ0v) is 16.0. The molecule has 28 heavy (non-hydrogen) atoms. The number of nitrogens with one attached hydrogen (secondary N) is 1. The third-order valence-electron chi connectivity index (χ3n) is 4.04. The lowest BCUT2D eigenvalue weighted by molar-refractivity contribution is -0.115. The fraction of sp³-hybridized carbons (Fsp3) is 0.211. The van der Waals surface area contributed by atoms with Crippen LogP contribution in [0.2, 0.25) is 0 Å². The molecule has 0 spiro atoms. The minimum absolute atomic E-state index is 0.197. The van der Waals surface area contributed by atoms with Crippen LogP contribution in [0, 0.1) is 0 Å². The van der Waals surface area contributed by atoms with Crippen molar-refractivity contribution in [1.82, 2.24) is 10.2 Å². The molecule has 3 aromatic rings. The second kappa shape index (κ2) is 7.81. The van der Waals surface area contributed by atoms with E-state index in [0.29, 0.717) is 34.0 Å². The predicted molar refractivity (Wildman–Crippen MR) is 103 cm³/mol. The number of anilines is 1. The van der Waals surface area contributed by atoms with E-state index in [9.17, 15) is 4.79 Å². The molecule has 2 heterocycles. The van der Waals surface area contributed by atoms with Gasteiger partial charge in [-0.1, -0.05) is 23.9 Å². The minimum atomic E-state index is -0.449. The van der Waals surface area contributed by atoms with Crippen molar-refractivity contribution in [1.29, 1.82) is 0 Å². The molecule has 0 saturated carbocycles. The number of benzene rings is 2. The third-order valence-corrected chi connectivity index (χ3v) is 4.97. The van der Waals surface area contributed by atoms with Crippen molar-refractivity contribution in [2.24, 2.45) is 0 Å². The summed E-state index contributed by atoms with van der Waals surface area (Å²) in [6.07, 6.45) is 0. The van der Waals surface area contributed by atoms with Crippen LogP contribution in [0.15, 0.2) is 52.1 Å². The lowest BCUT2D eigenvalue weighted by Crippen LogP contribution is -2.22. The molecular formula is C19H17N3O5S. The number of aromatic nitrogens is 2. The van der Waals surface area contributed by atoms with Crippen LogP contribution in [0.4, 0.5) is 5.69 Å². The van der Waals surface area contributed by atoms with Gasteiger partial charge in [-0.2, -0.15) is 0 Å². The van der Waals surface area contributed by atoms with Crippen LogP contribution in [0.25, 0.3) is 11.5 Å². The topological polar surface area (TPSA) is 95.7 Å². The van der Waals surface area contributed by atoms with Gasteiger partial charge in [-0.25, -0.2) is 0 Å². The molecular weight excluding hydrogens is 382 g/mol. The largest absolute Gasteiger partial charge is 0.495 e. The van der Waals surface area contributed by atoms with Crippen molar-refractivity contribution >= 4 is 23.4 Å². The highest BCUT2D eigenvalue weighted by atomic mass is 32.2. The number of methoxy groups -OCH3 is 1. The molecule has 0 fully saturated rings. The molecule has 4 rings (SSSR count). The van der Waals surface area contributed by atoms with E-state index in [1.807, 2.05) is 18.2 Å². The molecule has 2 aromatic carbocycles. The van der Waals surface area contributed by atoms with Gasteiger partial charge in [-0.3, -0.25) is 4.79 Å². The molecule has 1 N–H and O–H groups in total. The number of amides is 1. The fourth-order valence-electron chi connectivity index (χ4n) is 2.59. The molecule has 1 aliphatic rings. The molecule has 0 unspecified atom stereocenters. The second-order valence-electron chi connectivity index (χ2n) is 5.89. The number of nitrogens with zero attached hydrogens (tertiary/aromatic N) is 2. The first-order valence-electron chi connectivity index (χ1n) is 8.48. The monoisotopic (exact) mass is 399 g/mol. The maximum atomic E-state index is 12.5. The van der Waals surface area contributed by atoms with E-state index in [1.54, 1.807) is 38.3 Å². The van der Waals surface area contributed by atoms with Crippen molar-refractivity contribution in [2.75, 3.05) is 19.2 Å². The van der Waals surface area contributed by atoms with E-state index in [0.717, 1.165) is 5.56 Å². The highest BCUT2D eigenvalue weighted by Gasteiger charge is 2.21. The fourth-order valence-corrected chi connectivity index (χ4v) is 3.27. The zero-order valence-electron chi connectivity index (χ0n) is 15.2. The van der Waals surface area contributed by atoms with Crippen LogP contribution >= 0.6 is 11.8 Å². The Hall–Kier alpha value is -3.20. The van der Waals surface area contributed by atoms with Crippen LogP contribution in [0.3, 0.4) is 0 Å². The first-order chi connectivity index (χ1) is 13.6. The van der Waals surface area contributed by atoms with Gasteiger partial charge in [0.25, 0.3) is 5.22 Å². The lowest BCUT2D eigenvalue weighted by Gasteiger charge is -2.12. The quantitative estimate of drug-likeness (QED) is 0.628. The molecule has 0 saturated heterocycles. The SMILES string of the molecule is COc1ccccc1NC(=O)[C@@H](C)Sc1nnc(-c2ccc3c(c2)OCO3)o1. The molecule has 1 aromatic heterocycles. The summed E-state index contributed by atoms with van der Waals surface area (Å²) < 4.78 is 21.6. The van der Waals surface area contributed by atoms with Crippen molar-refractivity contribution in [3.05, 3.63) is 42.5 Å². The summed E-state index contributed by atoms with van der Waals surface area (Å²) in [7, 11) is 1.55. The normalized spacial score (nSPS) is 13.2. The number of rotatable bonds is 6. The molecule has 0 radical (unpaired) electrons. The Bertz CT molecular complexity index is 1010. The van der Waals surface area contributed by atoms with Gasteiger partial charge < -0.3 is 23.9 Å². The standard InChI is InChI=1S/C19H17N3O5S/c1-11(17(23)20-13-5-3-4-6-14(13)24-2)28-19-22-21-18(27-19)12-7-8-15-16(9-12)26-10-25-15/h3-9,11H,10H2,1-2H3,(H,20,23)/t11-/m1/s1. The Morgan fingerprint density at radius 3 is 2.86 bits per heavy atom. The van der Waals surface area contributed by atoms with E-state index < -0.39 is 5.25 Å². The van der Waals surface area contributed by atoms with Crippen molar-refractivity contribution in [3.8, 4) is 28.7 Å².